The van der Waals surface area contributed by atoms with Crippen LogP contribution in [0, 0.1) is 0 Å². The minimum Gasteiger partial charge on any atom is -0.398 e. The molecule has 0 saturated carbocycles. The zero-order chi connectivity index (χ0) is 16.7. The number of allylic oxidation sites excluding steroid dienone is 2. The predicted octanol–water partition coefficient (Wildman–Crippen LogP) is 3.75. The Morgan fingerprint density at radius 1 is 0.913 bits per heavy atom. The van der Waals surface area contributed by atoms with Crippen molar-refractivity contribution in [1.82, 2.24) is 5.32 Å². The van der Waals surface area contributed by atoms with Gasteiger partial charge in [-0.25, -0.2) is 0 Å². The lowest BCUT2D eigenvalue weighted by Gasteiger charge is -2.12. The fourth-order valence-corrected chi connectivity index (χ4v) is 2.17. The van der Waals surface area contributed by atoms with E-state index < -0.39 is 0 Å². The molecule has 2 aromatic carbocycles. The van der Waals surface area contributed by atoms with Crippen LogP contribution in [0.5, 0.6) is 0 Å². The summed E-state index contributed by atoms with van der Waals surface area (Å²) >= 11 is 0. The zero-order valence-electron chi connectivity index (χ0n) is 13.5. The van der Waals surface area contributed by atoms with Crippen molar-refractivity contribution in [3.8, 4) is 0 Å². The Bertz CT molecular complexity index is 701. The van der Waals surface area contributed by atoms with Gasteiger partial charge in [-0.15, -0.1) is 0 Å². The molecule has 0 saturated heterocycles. The average Bonchev–Trinajstić information content (AvgIpc) is 2.55. The Hall–Kier alpha value is -2.81. The van der Waals surface area contributed by atoms with Crippen LogP contribution in [0.1, 0.15) is 29.8 Å². The highest BCUT2D eigenvalue weighted by Gasteiger charge is 2.06. The van der Waals surface area contributed by atoms with Gasteiger partial charge in [0.25, 0.3) is 0 Å². The summed E-state index contributed by atoms with van der Waals surface area (Å²) in [6, 6.07) is 19.1. The summed E-state index contributed by atoms with van der Waals surface area (Å²) in [7, 11) is 0. The SMILES string of the molecule is CC(C)NC(/C=C(\N)c1ccccc1)=C/C(=O)c1ccccc1. The normalized spacial score (nSPS) is 12.3. The van der Waals surface area contributed by atoms with Gasteiger partial charge in [0.2, 0.25) is 0 Å². The summed E-state index contributed by atoms with van der Waals surface area (Å²) in [6.45, 7) is 4.04. The van der Waals surface area contributed by atoms with Crippen LogP contribution in [0.3, 0.4) is 0 Å². The van der Waals surface area contributed by atoms with Crippen LogP contribution in [0.25, 0.3) is 5.70 Å². The number of benzene rings is 2. The van der Waals surface area contributed by atoms with E-state index in [0.29, 0.717) is 17.0 Å². The van der Waals surface area contributed by atoms with E-state index in [1.807, 2.05) is 62.4 Å². The van der Waals surface area contributed by atoms with Crippen LogP contribution in [-0.2, 0) is 0 Å². The predicted molar refractivity (Wildman–Crippen MR) is 95.7 cm³/mol. The van der Waals surface area contributed by atoms with Crippen LogP contribution in [0.15, 0.2) is 78.5 Å². The van der Waals surface area contributed by atoms with Crippen molar-refractivity contribution in [2.45, 2.75) is 19.9 Å². The smallest absolute Gasteiger partial charge is 0.187 e. The third-order valence-corrected chi connectivity index (χ3v) is 3.22. The average molecular weight is 306 g/mol. The molecule has 0 aliphatic carbocycles. The summed E-state index contributed by atoms with van der Waals surface area (Å²) in [5, 5.41) is 3.27. The van der Waals surface area contributed by atoms with E-state index in [-0.39, 0.29) is 11.8 Å². The first-order valence-corrected chi connectivity index (χ1v) is 7.66. The van der Waals surface area contributed by atoms with Gasteiger partial charge in [0, 0.05) is 29.1 Å². The summed E-state index contributed by atoms with van der Waals surface area (Å²) in [4.78, 5) is 12.4. The van der Waals surface area contributed by atoms with E-state index in [4.69, 9.17) is 5.73 Å². The molecule has 118 valence electrons. The number of carbonyl (C=O) groups is 1. The molecule has 0 aliphatic rings. The maximum absolute atomic E-state index is 12.4. The van der Waals surface area contributed by atoms with Crippen LogP contribution >= 0.6 is 0 Å². The number of hydrogen-bond acceptors (Lipinski definition) is 3. The first-order chi connectivity index (χ1) is 11.1. The molecule has 3 N–H and O–H groups in total. The Balaban J connectivity index is 2.30. The minimum atomic E-state index is -0.0501. The lowest BCUT2D eigenvalue weighted by Crippen LogP contribution is -2.22. The molecule has 2 aromatic rings. The molecule has 0 radical (unpaired) electrons. The molecule has 0 heterocycles. The largest absolute Gasteiger partial charge is 0.398 e. The molecule has 23 heavy (non-hydrogen) atoms. The number of rotatable bonds is 6. The molecule has 2 rings (SSSR count). The Labute approximate surface area is 137 Å². The van der Waals surface area contributed by atoms with E-state index in [0.717, 1.165) is 5.56 Å². The number of nitrogens with two attached hydrogens (primary N) is 1. The standard InChI is InChI=1S/C20H22N2O/c1-15(2)22-18(13-19(21)16-9-5-3-6-10-16)14-20(23)17-11-7-4-8-12-17/h3-15,22H,21H2,1-2H3/b18-14+,19-13-. The number of ketones is 1. The van der Waals surface area contributed by atoms with E-state index >= 15 is 0 Å². The van der Waals surface area contributed by atoms with Crippen molar-refractivity contribution in [1.29, 1.82) is 0 Å². The second-order valence-electron chi connectivity index (χ2n) is 5.59. The van der Waals surface area contributed by atoms with Crippen LogP contribution in [0.4, 0.5) is 0 Å². The molecule has 0 spiro atoms. The number of carbonyl (C=O) groups excluding carboxylic acids is 1. The molecule has 0 unspecified atom stereocenters. The lowest BCUT2D eigenvalue weighted by molar-refractivity contribution is 0.104. The van der Waals surface area contributed by atoms with Gasteiger partial charge in [-0.3, -0.25) is 4.79 Å². The molecule has 0 amide bonds. The second-order valence-corrected chi connectivity index (χ2v) is 5.59. The Kier molecular flexibility index (Phi) is 5.75. The highest BCUT2D eigenvalue weighted by molar-refractivity contribution is 6.05. The maximum Gasteiger partial charge on any atom is 0.187 e. The van der Waals surface area contributed by atoms with Gasteiger partial charge in [0.05, 0.1) is 0 Å². The Morgan fingerprint density at radius 2 is 1.43 bits per heavy atom. The molecular formula is C20H22N2O. The maximum atomic E-state index is 12.4. The quantitative estimate of drug-likeness (QED) is 0.485. The van der Waals surface area contributed by atoms with Crippen molar-refractivity contribution in [2.75, 3.05) is 0 Å². The van der Waals surface area contributed by atoms with E-state index in [1.165, 1.54) is 0 Å². The number of nitrogens with one attached hydrogen (secondary N) is 1. The highest BCUT2D eigenvalue weighted by atomic mass is 16.1. The molecule has 0 atom stereocenters. The molecular weight excluding hydrogens is 284 g/mol. The summed E-state index contributed by atoms with van der Waals surface area (Å²) in [5.41, 5.74) is 9.06. The van der Waals surface area contributed by atoms with Gasteiger partial charge in [-0.1, -0.05) is 60.7 Å². The zero-order valence-corrected chi connectivity index (χ0v) is 13.5. The van der Waals surface area contributed by atoms with Crippen LogP contribution < -0.4 is 11.1 Å². The third-order valence-electron chi connectivity index (χ3n) is 3.22. The third kappa shape index (κ3) is 5.15. The van der Waals surface area contributed by atoms with E-state index in [9.17, 15) is 4.79 Å². The minimum absolute atomic E-state index is 0.0501. The van der Waals surface area contributed by atoms with E-state index in [2.05, 4.69) is 5.32 Å². The summed E-state index contributed by atoms with van der Waals surface area (Å²) < 4.78 is 0. The summed E-state index contributed by atoms with van der Waals surface area (Å²) in [6.07, 6.45) is 3.39. The van der Waals surface area contributed by atoms with Gasteiger partial charge in [-0.05, 0) is 25.5 Å². The van der Waals surface area contributed by atoms with Gasteiger partial charge in [0.15, 0.2) is 5.78 Å². The van der Waals surface area contributed by atoms with E-state index in [1.54, 1.807) is 24.3 Å². The Morgan fingerprint density at radius 3 is 1.96 bits per heavy atom. The lowest BCUT2D eigenvalue weighted by atomic mass is 10.1. The molecule has 0 aromatic heterocycles. The topological polar surface area (TPSA) is 55.1 Å². The molecule has 0 aliphatic heterocycles. The van der Waals surface area contributed by atoms with Crippen molar-refractivity contribution in [3.63, 3.8) is 0 Å². The first-order valence-electron chi connectivity index (χ1n) is 7.66. The van der Waals surface area contributed by atoms with Crippen molar-refractivity contribution < 1.29 is 4.79 Å². The van der Waals surface area contributed by atoms with Crippen molar-refractivity contribution in [3.05, 3.63) is 89.6 Å². The van der Waals surface area contributed by atoms with Gasteiger partial charge >= 0.3 is 0 Å². The molecule has 0 fully saturated rings. The molecule has 3 nitrogen and oxygen atoms in total. The molecule has 3 heteroatoms. The van der Waals surface area contributed by atoms with Crippen molar-refractivity contribution in [2.24, 2.45) is 5.73 Å². The molecule has 0 bridgehead atoms. The van der Waals surface area contributed by atoms with Gasteiger partial charge in [-0.2, -0.15) is 0 Å². The fourth-order valence-electron chi connectivity index (χ4n) is 2.17. The second kappa shape index (κ2) is 7.99. The van der Waals surface area contributed by atoms with Crippen LogP contribution in [0.2, 0.25) is 0 Å². The van der Waals surface area contributed by atoms with Gasteiger partial charge in [0.1, 0.15) is 0 Å². The highest BCUT2D eigenvalue weighted by Crippen LogP contribution is 2.11. The van der Waals surface area contributed by atoms with Crippen molar-refractivity contribution >= 4 is 11.5 Å². The first kappa shape index (κ1) is 16.6. The summed E-state index contributed by atoms with van der Waals surface area (Å²) in [5.74, 6) is -0.0501. The number of hydrogen-bond donors (Lipinski definition) is 2. The van der Waals surface area contributed by atoms with Crippen LogP contribution in [-0.4, -0.2) is 11.8 Å². The van der Waals surface area contributed by atoms with Gasteiger partial charge < -0.3 is 11.1 Å². The monoisotopic (exact) mass is 306 g/mol. The fraction of sp³-hybridized carbons (Fsp3) is 0.150.